The van der Waals surface area contributed by atoms with Gasteiger partial charge in [0.05, 0.1) is 5.00 Å². The van der Waals surface area contributed by atoms with Crippen LogP contribution < -0.4 is 11.1 Å². The minimum absolute atomic E-state index is 1.00. The van der Waals surface area contributed by atoms with Gasteiger partial charge in [-0.25, -0.2) is 0 Å². The van der Waals surface area contributed by atoms with E-state index in [1.165, 1.54) is 10.4 Å². The summed E-state index contributed by atoms with van der Waals surface area (Å²) < 4.78 is 0. The number of anilines is 1. The van der Waals surface area contributed by atoms with Crippen molar-refractivity contribution in [3.05, 3.63) is 16.5 Å². The lowest BCUT2D eigenvalue weighted by atomic mass is 10.2. The molecule has 3 N–H and O–H groups in total. The van der Waals surface area contributed by atoms with Gasteiger partial charge < -0.3 is 11.1 Å². The number of piperazine rings is 1. The molecule has 2 heterocycles. The van der Waals surface area contributed by atoms with E-state index in [9.17, 15) is 0 Å². The van der Waals surface area contributed by atoms with Crippen LogP contribution in [0.4, 0.5) is 5.00 Å². The smallest absolute Gasteiger partial charge is 0.0904 e. The molecule has 0 spiro atoms. The van der Waals surface area contributed by atoms with Gasteiger partial charge in [-0.05, 0) is 12.5 Å². The van der Waals surface area contributed by atoms with Gasteiger partial charge in [-0.1, -0.05) is 6.92 Å². The van der Waals surface area contributed by atoms with Crippen LogP contribution in [-0.4, -0.2) is 31.1 Å². The Bertz CT molecular complexity index is 316. The zero-order chi connectivity index (χ0) is 10.7. The molecule has 0 radical (unpaired) electrons. The predicted molar refractivity (Wildman–Crippen MR) is 66.3 cm³/mol. The minimum Gasteiger partial charge on any atom is -0.390 e. The van der Waals surface area contributed by atoms with E-state index in [1.54, 1.807) is 11.3 Å². The number of nitrogens with two attached hydrogens (primary N) is 1. The summed E-state index contributed by atoms with van der Waals surface area (Å²) in [6, 6.07) is 2.27. The van der Waals surface area contributed by atoms with E-state index in [-0.39, 0.29) is 0 Å². The molecule has 1 aromatic rings. The molecule has 0 aliphatic carbocycles. The summed E-state index contributed by atoms with van der Waals surface area (Å²) in [6.07, 6.45) is 1.09. The van der Waals surface area contributed by atoms with Gasteiger partial charge >= 0.3 is 0 Å². The van der Waals surface area contributed by atoms with E-state index in [2.05, 4.69) is 23.2 Å². The molecule has 0 unspecified atom stereocenters. The lowest BCUT2D eigenvalue weighted by molar-refractivity contribution is 0.234. The van der Waals surface area contributed by atoms with Crippen LogP contribution in [0.2, 0.25) is 0 Å². The summed E-state index contributed by atoms with van der Waals surface area (Å²) in [5, 5.41) is 4.37. The standard InChI is InChI=1S/C11H19N3S/c1-2-10-7-9(11(12)15-10)8-14-5-3-13-4-6-14/h7,13H,2-6,8,12H2,1H3. The second-order valence-electron chi connectivity index (χ2n) is 3.98. The third-order valence-electron chi connectivity index (χ3n) is 2.84. The van der Waals surface area contributed by atoms with Crippen molar-refractivity contribution >= 4 is 16.3 Å². The fourth-order valence-electron chi connectivity index (χ4n) is 1.91. The number of nitrogens with zero attached hydrogens (tertiary/aromatic N) is 1. The molecular weight excluding hydrogens is 206 g/mol. The van der Waals surface area contributed by atoms with E-state index < -0.39 is 0 Å². The lowest BCUT2D eigenvalue weighted by Gasteiger charge is -2.26. The van der Waals surface area contributed by atoms with Gasteiger partial charge in [0.2, 0.25) is 0 Å². The summed E-state index contributed by atoms with van der Waals surface area (Å²) in [5.41, 5.74) is 7.33. The van der Waals surface area contributed by atoms with Gasteiger partial charge in [0.25, 0.3) is 0 Å². The van der Waals surface area contributed by atoms with E-state index >= 15 is 0 Å². The van der Waals surface area contributed by atoms with Gasteiger partial charge in [0.15, 0.2) is 0 Å². The average molecular weight is 225 g/mol. The summed E-state index contributed by atoms with van der Waals surface area (Å²) in [7, 11) is 0. The van der Waals surface area contributed by atoms with Crippen molar-refractivity contribution < 1.29 is 0 Å². The Morgan fingerprint density at radius 1 is 1.47 bits per heavy atom. The SMILES string of the molecule is CCc1cc(CN2CCNCC2)c(N)s1. The molecule has 1 fully saturated rings. The van der Waals surface area contributed by atoms with Gasteiger partial charge in [-0.15, -0.1) is 11.3 Å². The lowest BCUT2D eigenvalue weighted by Crippen LogP contribution is -2.42. The molecule has 1 aliphatic heterocycles. The van der Waals surface area contributed by atoms with Crippen LogP contribution in [0.15, 0.2) is 6.07 Å². The molecule has 0 atom stereocenters. The van der Waals surface area contributed by atoms with Crippen LogP contribution in [0.1, 0.15) is 17.4 Å². The Morgan fingerprint density at radius 2 is 2.20 bits per heavy atom. The van der Waals surface area contributed by atoms with Crippen LogP contribution in [0.25, 0.3) is 0 Å². The zero-order valence-corrected chi connectivity index (χ0v) is 10.1. The van der Waals surface area contributed by atoms with Crippen molar-refractivity contribution in [2.24, 2.45) is 0 Å². The maximum absolute atomic E-state index is 6.01. The molecule has 15 heavy (non-hydrogen) atoms. The first-order valence-corrected chi connectivity index (χ1v) is 6.41. The molecule has 2 rings (SSSR count). The monoisotopic (exact) mass is 225 g/mol. The topological polar surface area (TPSA) is 41.3 Å². The van der Waals surface area contributed by atoms with Gasteiger partial charge in [-0.2, -0.15) is 0 Å². The first-order chi connectivity index (χ1) is 7.29. The molecule has 0 bridgehead atoms. The Hall–Kier alpha value is -0.580. The van der Waals surface area contributed by atoms with Crippen LogP contribution in [0.3, 0.4) is 0 Å². The van der Waals surface area contributed by atoms with Crippen molar-refractivity contribution in [3.8, 4) is 0 Å². The fraction of sp³-hybridized carbons (Fsp3) is 0.636. The number of aryl methyl sites for hydroxylation is 1. The van der Waals surface area contributed by atoms with Gasteiger partial charge in [0.1, 0.15) is 0 Å². The highest BCUT2D eigenvalue weighted by molar-refractivity contribution is 7.16. The van der Waals surface area contributed by atoms with Gasteiger partial charge in [-0.3, -0.25) is 4.90 Å². The number of rotatable bonds is 3. The van der Waals surface area contributed by atoms with Crippen molar-refractivity contribution in [1.29, 1.82) is 0 Å². The van der Waals surface area contributed by atoms with E-state index in [4.69, 9.17) is 5.73 Å². The Balaban J connectivity index is 1.99. The normalized spacial score (nSPS) is 18.2. The molecule has 1 aromatic heterocycles. The number of hydrogen-bond donors (Lipinski definition) is 2. The Morgan fingerprint density at radius 3 is 2.80 bits per heavy atom. The molecule has 4 heteroatoms. The van der Waals surface area contributed by atoms with E-state index in [0.29, 0.717) is 0 Å². The fourth-order valence-corrected chi connectivity index (χ4v) is 2.79. The third-order valence-corrected chi connectivity index (χ3v) is 4.00. The largest absolute Gasteiger partial charge is 0.390 e. The maximum atomic E-state index is 6.01. The highest BCUT2D eigenvalue weighted by atomic mass is 32.1. The second-order valence-corrected chi connectivity index (χ2v) is 5.15. The average Bonchev–Trinajstić information content (AvgIpc) is 2.61. The van der Waals surface area contributed by atoms with Crippen LogP contribution in [-0.2, 0) is 13.0 Å². The molecule has 0 saturated carbocycles. The van der Waals surface area contributed by atoms with Crippen molar-refractivity contribution in [2.75, 3.05) is 31.9 Å². The number of nitrogens with one attached hydrogen (secondary N) is 1. The molecule has 1 saturated heterocycles. The number of hydrogen-bond acceptors (Lipinski definition) is 4. The van der Waals surface area contributed by atoms with E-state index in [0.717, 1.165) is 44.1 Å². The summed E-state index contributed by atoms with van der Waals surface area (Å²) in [6.45, 7) is 7.67. The Labute approximate surface area is 95.3 Å². The quantitative estimate of drug-likeness (QED) is 0.814. The van der Waals surface area contributed by atoms with Crippen LogP contribution >= 0.6 is 11.3 Å². The first-order valence-electron chi connectivity index (χ1n) is 5.59. The minimum atomic E-state index is 1.00. The van der Waals surface area contributed by atoms with Crippen LogP contribution in [0.5, 0.6) is 0 Å². The zero-order valence-electron chi connectivity index (χ0n) is 9.25. The summed E-state index contributed by atoms with van der Waals surface area (Å²) >= 11 is 1.74. The molecule has 0 aromatic carbocycles. The number of nitrogen functional groups attached to an aromatic ring is 1. The second kappa shape index (κ2) is 4.96. The van der Waals surface area contributed by atoms with Crippen molar-refractivity contribution in [2.45, 2.75) is 19.9 Å². The van der Waals surface area contributed by atoms with Crippen molar-refractivity contribution in [1.82, 2.24) is 10.2 Å². The maximum Gasteiger partial charge on any atom is 0.0904 e. The van der Waals surface area contributed by atoms with Crippen molar-refractivity contribution in [3.63, 3.8) is 0 Å². The number of thiophene rings is 1. The third kappa shape index (κ3) is 2.71. The van der Waals surface area contributed by atoms with E-state index in [1.807, 2.05) is 0 Å². The predicted octanol–water partition coefficient (Wildman–Crippen LogP) is 1.30. The Kier molecular flexibility index (Phi) is 3.61. The summed E-state index contributed by atoms with van der Waals surface area (Å²) in [4.78, 5) is 3.87. The summed E-state index contributed by atoms with van der Waals surface area (Å²) in [5.74, 6) is 0. The van der Waals surface area contributed by atoms with Crippen LogP contribution in [0, 0.1) is 0 Å². The highest BCUT2D eigenvalue weighted by Gasteiger charge is 2.13. The van der Waals surface area contributed by atoms with Gasteiger partial charge in [0, 0.05) is 43.2 Å². The molecule has 0 amide bonds. The first kappa shape index (κ1) is 10.9. The molecule has 3 nitrogen and oxygen atoms in total. The molecule has 1 aliphatic rings. The highest BCUT2D eigenvalue weighted by Crippen LogP contribution is 2.26. The molecular formula is C11H19N3S. The molecule has 84 valence electrons.